The van der Waals surface area contributed by atoms with Gasteiger partial charge < -0.3 is 14.8 Å². The fourth-order valence-corrected chi connectivity index (χ4v) is 2.18. The van der Waals surface area contributed by atoms with Crippen LogP contribution in [0.15, 0.2) is 48.5 Å². The van der Waals surface area contributed by atoms with Crippen LogP contribution in [0.4, 0.5) is 0 Å². The van der Waals surface area contributed by atoms with Crippen LogP contribution in [0.25, 0.3) is 0 Å². The van der Waals surface area contributed by atoms with Crippen LogP contribution in [0.2, 0.25) is 0 Å². The summed E-state index contributed by atoms with van der Waals surface area (Å²) in [5.74, 6) is -1.64. The van der Waals surface area contributed by atoms with Gasteiger partial charge in [-0.25, -0.2) is 9.59 Å². The molecule has 1 N–H and O–H groups in total. The fourth-order valence-electron chi connectivity index (χ4n) is 2.18. The lowest BCUT2D eigenvalue weighted by molar-refractivity contribution is -0.124. The highest BCUT2D eigenvalue weighted by Gasteiger charge is 2.13. The Morgan fingerprint density at radius 2 is 1.64 bits per heavy atom. The van der Waals surface area contributed by atoms with Gasteiger partial charge in [0.05, 0.1) is 18.2 Å². The van der Waals surface area contributed by atoms with Crippen LogP contribution in [0, 0.1) is 6.92 Å². The van der Waals surface area contributed by atoms with Gasteiger partial charge in [-0.1, -0.05) is 35.9 Å². The highest BCUT2D eigenvalue weighted by atomic mass is 16.5. The van der Waals surface area contributed by atoms with Gasteiger partial charge in [-0.15, -0.1) is 0 Å². The molecule has 2 aromatic carbocycles. The summed E-state index contributed by atoms with van der Waals surface area (Å²) in [6.07, 6.45) is 0. The quantitative estimate of drug-likeness (QED) is 0.815. The molecule has 0 aliphatic carbocycles. The normalized spacial score (nSPS) is 10.0. The summed E-state index contributed by atoms with van der Waals surface area (Å²) < 4.78 is 9.56. The summed E-state index contributed by atoms with van der Waals surface area (Å²) >= 11 is 0. The van der Waals surface area contributed by atoms with E-state index in [1.165, 1.54) is 25.3 Å². The van der Waals surface area contributed by atoms with E-state index in [0.29, 0.717) is 6.54 Å². The van der Waals surface area contributed by atoms with Crippen molar-refractivity contribution in [2.24, 2.45) is 0 Å². The number of carbonyl (C=O) groups is 3. The van der Waals surface area contributed by atoms with Gasteiger partial charge in [0.1, 0.15) is 0 Å². The molecule has 6 nitrogen and oxygen atoms in total. The van der Waals surface area contributed by atoms with Crippen molar-refractivity contribution in [2.75, 3.05) is 13.7 Å². The van der Waals surface area contributed by atoms with Gasteiger partial charge >= 0.3 is 11.9 Å². The summed E-state index contributed by atoms with van der Waals surface area (Å²) in [5.41, 5.74) is 2.48. The first-order chi connectivity index (χ1) is 12.0. The predicted molar refractivity (Wildman–Crippen MR) is 91.1 cm³/mol. The number of aryl methyl sites for hydroxylation is 1. The number of esters is 2. The van der Waals surface area contributed by atoms with E-state index in [-0.39, 0.29) is 11.1 Å². The van der Waals surface area contributed by atoms with E-state index in [2.05, 4.69) is 10.1 Å². The van der Waals surface area contributed by atoms with Crippen molar-refractivity contribution in [1.29, 1.82) is 0 Å². The summed E-state index contributed by atoms with van der Waals surface area (Å²) in [6.45, 7) is 1.93. The van der Waals surface area contributed by atoms with Crippen molar-refractivity contribution >= 4 is 17.8 Å². The minimum absolute atomic E-state index is 0.175. The number of carbonyl (C=O) groups excluding carboxylic acids is 3. The first-order valence-electron chi connectivity index (χ1n) is 7.67. The topological polar surface area (TPSA) is 81.7 Å². The van der Waals surface area contributed by atoms with E-state index < -0.39 is 24.5 Å². The lowest BCUT2D eigenvalue weighted by Gasteiger charge is -2.08. The zero-order chi connectivity index (χ0) is 18.2. The molecule has 0 unspecified atom stereocenters. The van der Waals surface area contributed by atoms with Crippen LogP contribution in [0.5, 0.6) is 0 Å². The van der Waals surface area contributed by atoms with Crippen LogP contribution < -0.4 is 5.32 Å². The molecular formula is C19H19NO5. The highest BCUT2D eigenvalue weighted by molar-refractivity contribution is 5.95. The molecule has 0 fully saturated rings. The average Bonchev–Trinajstić information content (AvgIpc) is 2.64. The maximum Gasteiger partial charge on any atom is 0.338 e. The molecule has 2 aromatic rings. The van der Waals surface area contributed by atoms with E-state index >= 15 is 0 Å². The SMILES string of the molecule is COC(=O)c1cccc(C(=O)OCC(=O)NCc2cccc(C)c2)c1. The number of hydrogen-bond acceptors (Lipinski definition) is 5. The summed E-state index contributed by atoms with van der Waals surface area (Å²) in [7, 11) is 1.26. The molecular weight excluding hydrogens is 322 g/mol. The molecule has 0 saturated heterocycles. The Kier molecular flexibility index (Phi) is 6.28. The Morgan fingerprint density at radius 3 is 2.32 bits per heavy atom. The molecule has 0 spiro atoms. The number of benzene rings is 2. The minimum Gasteiger partial charge on any atom is -0.465 e. The number of amides is 1. The fraction of sp³-hybridized carbons (Fsp3) is 0.211. The van der Waals surface area contributed by atoms with E-state index in [1.807, 2.05) is 31.2 Å². The van der Waals surface area contributed by atoms with Gasteiger partial charge in [0.15, 0.2) is 6.61 Å². The second-order valence-corrected chi connectivity index (χ2v) is 5.41. The second-order valence-electron chi connectivity index (χ2n) is 5.41. The molecule has 0 heterocycles. The van der Waals surface area contributed by atoms with Gasteiger partial charge in [-0.2, -0.15) is 0 Å². The van der Waals surface area contributed by atoms with Crippen LogP contribution in [-0.2, 0) is 20.8 Å². The van der Waals surface area contributed by atoms with E-state index in [1.54, 1.807) is 6.07 Å². The molecule has 6 heteroatoms. The van der Waals surface area contributed by atoms with Crippen molar-refractivity contribution in [3.05, 3.63) is 70.8 Å². The zero-order valence-electron chi connectivity index (χ0n) is 14.1. The lowest BCUT2D eigenvalue weighted by Crippen LogP contribution is -2.28. The Bertz CT molecular complexity index is 785. The first kappa shape index (κ1) is 18.2. The summed E-state index contributed by atoms with van der Waals surface area (Å²) in [5, 5.41) is 2.68. The zero-order valence-corrected chi connectivity index (χ0v) is 14.1. The number of ether oxygens (including phenoxy) is 2. The molecule has 130 valence electrons. The van der Waals surface area contributed by atoms with E-state index in [0.717, 1.165) is 11.1 Å². The van der Waals surface area contributed by atoms with Crippen molar-refractivity contribution in [3.63, 3.8) is 0 Å². The van der Waals surface area contributed by atoms with E-state index in [4.69, 9.17) is 4.74 Å². The molecule has 0 aliphatic heterocycles. The van der Waals surface area contributed by atoms with Crippen molar-refractivity contribution < 1.29 is 23.9 Å². The molecule has 25 heavy (non-hydrogen) atoms. The highest BCUT2D eigenvalue weighted by Crippen LogP contribution is 2.08. The molecule has 2 rings (SSSR count). The molecule has 0 saturated carbocycles. The summed E-state index contributed by atoms with van der Waals surface area (Å²) in [6, 6.07) is 13.7. The maximum absolute atomic E-state index is 12.0. The summed E-state index contributed by atoms with van der Waals surface area (Å²) in [4.78, 5) is 35.2. The maximum atomic E-state index is 12.0. The first-order valence-corrected chi connectivity index (χ1v) is 7.67. The number of hydrogen-bond donors (Lipinski definition) is 1. The van der Waals surface area contributed by atoms with Crippen LogP contribution in [-0.4, -0.2) is 31.6 Å². The van der Waals surface area contributed by atoms with Gasteiger partial charge in [0.2, 0.25) is 0 Å². The van der Waals surface area contributed by atoms with Crippen molar-refractivity contribution in [2.45, 2.75) is 13.5 Å². The Morgan fingerprint density at radius 1 is 0.960 bits per heavy atom. The molecule has 0 aliphatic rings. The Balaban J connectivity index is 1.85. The second kappa shape index (κ2) is 8.63. The number of rotatable bonds is 6. The number of nitrogens with one attached hydrogen (secondary N) is 1. The standard InChI is InChI=1S/C19H19NO5/c1-13-5-3-6-14(9-13)11-20-17(21)12-25-19(23)16-8-4-7-15(10-16)18(22)24-2/h3-10H,11-12H2,1-2H3,(H,20,21). The van der Waals surface area contributed by atoms with Crippen LogP contribution >= 0.6 is 0 Å². The Labute approximate surface area is 145 Å². The van der Waals surface area contributed by atoms with Crippen LogP contribution in [0.1, 0.15) is 31.8 Å². The third-order valence-corrected chi connectivity index (χ3v) is 3.43. The smallest absolute Gasteiger partial charge is 0.338 e. The molecule has 0 atom stereocenters. The number of methoxy groups -OCH3 is 1. The third kappa shape index (κ3) is 5.46. The monoisotopic (exact) mass is 341 g/mol. The predicted octanol–water partition coefficient (Wildman–Crippen LogP) is 2.25. The minimum atomic E-state index is -0.684. The molecule has 0 radical (unpaired) electrons. The lowest BCUT2D eigenvalue weighted by atomic mass is 10.1. The van der Waals surface area contributed by atoms with Crippen molar-refractivity contribution in [3.8, 4) is 0 Å². The van der Waals surface area contributed by atoms with Gasteiger partial charge in [0.25, 0.3) is 5.91 Å². The van der Waals surface area contributed by atoms with E-state index in [9.17, 15) is 14.4 Å². The third-order valence-electron chi connectivity index (χ3n) is 3.43. The molecule has 0 aromatic heterocycles. The van der Waals surface area contributed by atoms with Gasteiger partial charge in [-0.3, -0.25) is 4.79 Å². The molecule has 0 bridgehead atoms. The largest absolute Gasteiger partial charge is 0.465 e. The van der Waals surface area contributed by atoms with Crippen molar-refractivity contribution in [1.82, 2.24) is 5.32 Å². The van der Waals surface area contributed by atoms with Gasteiger partial charge in [-0.05, 0) is 30.7 Å². The average molecular weight is 341 g/mol. The van der Waals surface area contributed by atoms with Crippen LogP contribution in [0.3, 0.4) is 0 Å². The molecule has 1 amide bonds. The van der Waals surface area contributed by atoms with Gasteiger partial charge in [0, 0.05) is 6.54 Å². The Hall–Kier alpha value is -3.15.